The van der Waals surface area contributed by atoms with Crippen molar-refractivity contribution in [2.75, 3.05) is 0 Å². The van der Waals surface area contributed by atoms with Gasteiger partial charge in [0.15, 0.2) is 0 Å². The van der Waals surface area contributed by atoms with Gasteiger partial charge in [-0.15, -0.1) is 4.72 Å². The monoisotopic (exact) mass is 321 g/mol. The third kappa shape index (κ3) is 6.55. The van der Waals surface area contributed by atoms with Crippen LogP contribution in [-0.4, -0.2) is 15.3 Å². The molecule has 0 aliphatic heterocycles. The van der Waals surface area contributed by atoms with Gasteiger partial charge in [-0.3, -0.25) is 0 Å². The van der Waals surface area contributed by atoms with Crippen LogP contribution in [0.1, 0.15) is 65.0 Å². The van der Waals surface area contributed by atoms with Crippen LogP contribution in [0.3, 0.4) is 0 Å². The van der Waals surface area contributed by atoms with Gasteiger partial charge in [-0.25, -0.2) is 0 Å². The molecule has 0 heterocycles. The summed E-state index contributed by atoms with van der Waals surface area (Å²) in [7, 11) is 0. The maximum Gasteiger partial charge on any atom is 0.136 e. The highest BCUT2D eigenvalue weighted by molar-refractivity contribution is 7.90. The molecule has 3 heteroatoms. The second-order valence-corrected chi connectivity index (χ2v) is 9.39. The van der Waals surface area contributed by atoms with Crippen LogP contribution < -0.4 is 4.72 Å². The summed E-state index contributed by atoms with van der Waals surface area (Å²) < 4.78 is 15.4. The summed E-state index contributed by atoms with van der Waals surface area (Å²) in [4.78, 5) is 0. The molecule has 0 saturated heterocycles. The molecule has 0 bridgehead atoms. The normalized spacial score (nSPS) is 16.0. The van der Waals surface area contributed by atoms with E-state index in [0.29, 0.717) is 5.92 Å². The lowest BCUT2D eigenvalue weighted by Gasteiger charge is -2.28. The Hall–Kier alpha value is -0.770. The van der Waals surface area contributed by atoms with Gasteiger partial charge in [0.25, 0.3) is 0 Å². The summed E-state index contributed by atoms with van der Waals surface area (Å²) in [6.07, 6.45) is 3.13. The molecular weight excluding hydrogens is 290 g/mol. The lowest BCUT2D eigenvalue weighted by Crippen LogP contribution is -2.44. The molecule has 0 radical (unpaired) electrons. The van der Waals surface area contributed by atoms with E-state index in [1.807, 2.05) is 20.8 Å². The van der Waals surface area contributed by atoms with Crippen LogP contribution in [0.15, 0.2) is 35.9 Å². The molecule has 3 atom stereocenters. The van der Waals surface area contributed by atoms with Gasteiger partial charge < -0.3 is 4.55 Å². The highest BCUT2D eigenvalue weighted by Gasteiger charge is 2.29. The van der Waals surface area contributed by atoms with Crippen LogP contribution in [-0.2, 0) is 11.4 Å². The fraction of sp³-hybridized carbons (Fsp3) is 0.579. The molecule has 0 spiro atoms. The molecule has 1 rings (SSSR count). The largest absolute Gasteiger partial charge is 0.598 e. The number of rotatable bonds is 6. The zero-order valence-corrected chi connectivity index (χ0v) is 15.9. The van der Waals surface area contributed by atoms with Crippen molar-refractivity contribution in [1.29, 1.82) is 0 Å². The Morgan fingerprint density at radius 3 is 2.23 bits per heavy atom. The Morgan fingerprint density at radius 1 is 1.23 bits per heavy atom. The van der Waals surface area contributed by atoms with Gasteiger partial charge in [0.1, 0.15) is 4.75 Å². The number of allylic oxidation sites excluding steroid dienone is 1. The second-order valence-electron chi connectivity index (χ2n) is 7.40. The van der Waals surface area contributed by atoms with Crippen LogP contribution in [0.4, 0.5) is 0 Å². The van der Waals surface area contributed by atoms with E-state index < -0.39 is 11.4 Å². The Kier molecular flexibility index (Phi) is 7.17. The predicted octanol–water partition coefficient (Wildman–Crippen LogP) is 4.88. The molecule has 1 aromatic carbocycles. The molecule has 0 aromatic heterocycles. The quantitative estimate of drug-likeness (QED) is 0.599. The van der Waals surface area contributed by atoms with Crippen molar-refractivity contribution in [3.8, 4) is 0 Å². The van der Waals surface area contributed by atoms with E-state index >= 15 is 0 Å². The molecule has 1 N–H and O–H groups in total. The van der Waals surface area contributed by atoms with Gasteiger partial charge >= 0.3 is 0 Å². The van der Waals surface area contributed by atoms with E-state index in [9.17, 15) is 4.55 Å². The highest BCUT2D eigenvalue weighted by Crippen LogP contribution is 2.23. The van der Waals surface area contributed by atoms with Crippen molar-refractivity contribution in [2.45, 2.75) is 71.6 Å². The molecule has 2 nitrogen and oxygen atoms in total. The van der Waals surface area contributed by atoms with Crippen molar-refractivity contribution in [3.63, 3.8) is 0 Å². The third-order valence-electron chi connectivity index (χ3n) is 3.60. The first kappa shape index (κ1) is 19.3. The fourth-order valence-corrected chi connectivity index (χ4v) is 3.07. The molecule has 0 aliphatic carbocycles. The SMILES string of the molecule is CC(C)=C[C@@H](C[C@H](C)c1ccc(C)cc1)N[S+]([O-])C(C)(C)C. The number of hydrogen-bond donors (Lipinski definition) is 1. The van der Waals surface area contributed by atoms with Crippen LogP contribution in [0.25, 0.3) is 0 Å². The van der Waals surface area contributed by atoms with Crippen LogP contribution in [0.2, 0.25) is 0 Å². The van der Waals surface area contributed by atoms with Crippen molar-refractivity contribution >= 4 is 11.4 Å². The van der Waals surface area contributed by atoms with Crippen LogP contribution in [0.5, 0.6) is 0 Å². The van der Waals surface area contributed by atoms with Crippen LogP contribution >= 0.6 is 0 Å². The topological polar surface area (TPSA) is 35.1 Å². The highest BCUT2D eigenvalue weighted by atomic mass is 32.2. The summed E-state index contributed by atoms with van der Waals surface area (Å²) in [5.74, 6) is 0.422. The average Bonchev–Trinajstić information content (AvgIpc) is 2.37. The van der Waals surface area contributed by atoms with Gasteiger partial charge in [-0.2, -0.15) is 0 Å². The summed E-state index contributed by atoms with van der Waals surface area (Å²) in [6, 6.07) is 8.83. The predicted molar refractivity (Wildman–Crippen MR) is 98.5 cm³/mol. The minimum absolute atomic E-state index is 0.126. The number of nitrogens with one attached hydrogen (secondary N) is 1. The van der Waals surface area contributed by atoms with Crippen molar-refractivity contribution in [2.24, 2.45) is 0 Å². The Morgan fingerprint density at radius 2 is 1.77 bits per heavy atom. The number of hydrogen-bond acceptors (Lipinski definition) is 2. The van der Waals surface area contributed by atoms with Gasteiger partial charge in [-0.1, -0.05) is 48.4 Å². The van der Waals surface area contributed by atoms with Crippen molar-refractivity contribution in [3.05, 3.63) is 47.0 Å². The zero-order chi connectivity index (χ0) is 16.9. The molecule has 0 aliphatic rings. The standard InChI is InChI=1S/C19H31NOS/c1-14(2)12-18(20-22(21)19(5,6)7)13-16(4)17-10-8-15(3)9-11-17/h8-12,16,18,20H,13H2,1-7H3/t16-,18-,22?/m0/s1. The number of aryl methyl sites for hydroxylation is 1. The first-order valence-corrected chi connectivity index (χ1v) is 9.14. The van der Waals surface area contributed by atoms with Crippen molar-refractivity contribution < 1.29 is 4.55 Å². The van der Waals surface area contributed by atoms with E-state index in [0.717, 1.165) is 6.42 Å². The lowest BCUT2D eigenvalue weighted by molar-refractivity contribution is 0.516. The van der Waals surface area contributed by atoms with Crippen LogP contribution in [0, 0.1) is 6.92 Å². The molecule has 0 fully saturated rings. The Balaban J connectivity index is 2.80. The zero-order valence-electron chi connectivity index (χ0n) is 15.1. The molecule has 0 saturated carbocycles. The molecule has 0 amide bonds. The first-order valence-electron chi connectivity index (χ1n) is 7.99. The Bertz CT molecular complexity index is 483. The first-order chi connectivity index (χ1) is 10.1. The summed E-state index contributed by atoms with van der Waals surface area (Å²) in [5.41, 5.74) is 3.87. The molecule has 1 unspecified atom stereocenters. The fourth-order valence-electron chi connectivity index (χ4n) is 2.28. The third-order valence-corrected chi connectivity index (χ3v) is 5.23. The van der Waals surface area contributed by atoms with Gasteiger partial charge in [0.2, 0.25) is 0 Å². The van der Waals surface area contributed by atoms with Gasteiger partial charge in [-0.05, 0) is 59.4 Å². The average molecular weight is 322 g/mol. The maximum atomic E-state index is 12.4. The summed E-state index contributed by atoms with van der Waals surface area (Å²) >= 11 is -1.05. The molecule has 22 heavy (non-hydrogen) atoms. The van der Waals surface area contributed by atoms with E-state index in [1.165, 1.54) is 16.7 Å². The summed E-state index contributed by atoms with van der Waals surface area (Å²) in [5, 5.41) is 0. The minimum Gasteiger partial charge on any atom is -0.598 e. The van der Waals surface area contributed by atoms with E-state index in [2.05, 4.69) is 62.8 Å². The lowest BCUT2D eigenvalue weighted by atomic mass is 9.93. The molecular formula is C19H31NOS. The summed E-state index contributed by atoms with van der Waals surface area (Å²) in [6.45, 7) is 14.5. The second kappa shape index (κ2) is 8.19. The van der Waals surface area contributed by atoms with E-state index in [4.69, 9.17) is 0 Å². The van der Waals surface area contributed by atoms with E-state index in [1.54, 1.807) is 0 Å². The maximum absolute atomic E-state index is 12.4. The smallest absolute Gasteiger partial charge is 0.136 e. The van der Waals surface area contributed by atoms with Gasteiger partial charge in [0.05, 0.1) is 6.04 Å². The molecule has 124 valence electrons. The number of benzene rings is 1. The van der Waals surface area contributed by atoms with Crippen molar-refractivity contribution in [1.82, 2.24) is 4.72 Å². The van der Waals surface area contributed by atoms with Gasteiger partial charge in [0, 0.05) is 11.4 Å². The minimum atomic E-state index is -1.05. The molecule has 1 aromatic rings. The van der Waals surface area contributed by atoms with E-state index in [-0.39, 0.29) is 10.8 Å². The Labute approximate surface area is 139 Å².